The van der Waals surface area contributed by atoms with Gasteiger partial charge in [-0.3, -0.25) is 0 Å². The molecule has 0 amide bonds. The van der Waals surface area contributed by atoms with Gasteiger partial charge in [0.1, 0.15) is 0 Å². The Balaban J connectivity index is 0.000000391. The molecule has 4 nitrogen and oxygen atoms in total. The summed E-state index contributed by atoms with van der Waals surface area (Å²) in [5.74, 6) is 0. The number of benzene rings is 2. The summed E-state index contributed by atoms with van der Waals surface area (Å²) in [5, 5.41) is 3.17. The molecule has 0 saturated heterocycles. The Hall–Kier alpha value is -0.129. The lowest BCUT2D eigenvalue weighted by Gasteiger charge is -2.38. The van der Waals surface area contributed by atoms with Gasteiger partial charge in [0.25, 0.3) is 0 Å². The third-order valence-corrected chi connectivity index (χ3v) is 24.1. The number of rotatable bonds is 10. The van der Waals surface area contributed by atoms with E-state index in [-0.39, 0.29) is 0 Å². The molecule has 2 rings (SSSR count). The molecular formula is C28H55ClO4Si6. The zero-order valence-corrected chi connectivity index (χ0v) is 34.3. The average molecular weight is 660 g/mol. The standard InChI is InChI=1S/C14H27ClO2Si3.C14H28O2Si3/c1-12-9-13(15)11-14(10-12)20(8,16-18(2,3)4)17-19(5,6)7;1-13-10-9-11-14(12-13)19(8,15-17(2,3)4)16-18(5,6)7/h9-11H,1-8H3;9-12H,1-8H3. The SMILES string of the molecule is Cc1cc(Cl)cc([Si](C)(O[Si](C)(C)C)O[Si](C)(C)C)c1.Cc1cccc([Si](C)(O[Si](C)(C)C)O[Si](C)(C)C)c1. The molecule has 0 radical (unpaired) electrons. The van der Waals surface area contributed by atoms with Gasteiger partial charge in [0, 0.05) is 5.02 Å². The fourth-order valence-electron chi connectivity index (χ4n) is 4.54. The van der Waals surface area contributed by atoms with Crippen LogP contribution in [0.1, 0.15) is 11.1 Å². The summed E-state index contributed by atoms with van der Waals surface area (Å²) in [6.07, 6.45) is 0. The van der Waals surface area contributed by atoms with Crippen molar-refractivity contribution in [3.63, 3.8) is 0 Å². The third kappa shape index (κ3) is 14.6. The highest BCUT2D eigenvalue weighted by Crippen LogP contribution is 2.23. The van der Waals surface area contributed by atoms with Crippen LogP contribution in [0.5, 0.6) is 0 Å². The van der Waals surface area contributed by atoms with Gasteiger partial charge in [0.2, 0.25) is 0 Å². The zero-order valence-electron chi connectivity index (χ0n) is 27.6. The van der Waals surface area contributed by atoms with Gasteiger partial charge in [0.05, 0.1) is 0 Å². The van der Waals surface area contributed by atoms with Gasteiger partial charge in [0.15, 0.2) is 33.3 Å². The largest absolute Gasteiger partial charge is 0.433 e. The van der Waals surface area contributed by atoms with Crippen molar-refractivity contribution in [3.05, 3.63) is 58.6 Å². The predicted molar refractivity (Wildman–Crippen MR) is 188 cm³/mol. The Bertz CT molecular complexity index is 1030. The van der Waals surface area contributed by atoms with Gasteiger partial charge >= 0.3 is 17.1 Å². The minimum absolute atomic E-state index is 0.761. The normalized spacial score (nSPS) is 13.7. The van der Waals surface area contributed by atoms with Crippen molar-refractivity contribution < 1.29 is 16.5 Å². The first kappa shape index (κ1) is 36.9. The average Bonchev–Trinajstić information content (AvgIpc) is 2.61. The first-order valence-electron chi connectivity index (χ1n) is 13.9. The van der Waals surface area contributed by atoms with Crippen molar-refractivity contribution in [1.82, 2.24) is 0 Å². The fraction of sp³-hybridized carbons (Fsp3) is 0.571. The van der Waals surface area contributed by atoms with E-state index in [4.69, 9.17) is 28.1 Å². The van der Waals surface area contributed by atoms with E-state index in [9.17, 15) is 0 Å². The highest BCUT2D eigenvalue weighted by Gasteiger charge is 2.43. The second kappa shape index (κ2) is 13.4. The van der Waals surface area contributed by atoms with Crippen LogP contribution in [0.3, 0.4) is 0 Å². The summed E-state index contributed by atoms with van der Waals surface area (Å²) in [4.78, 5) is 0. The Morgan fingerprint density at radius 3 is 1.15 bits per heavy atom. The molecule has 0 aliphatic carbocycles. The molecule has 0 saturated carbocycles. The van der Waals surface area contributed by atoms with Crippen LogP contribution in [0, 0.1) is 13.8 Å². The van der Waals surface area contributed by atoms with E-state index >= 15 is 0 Å². The molecule has 0 unspecified atom stereocenters. The van der Waals surface area contributed by atoms with Crippen LogP contribution in [0.2, 0.25) is 96.7 Å². The maximum atomic E-state index is 6.53. The lowest BCUT2D eigenvalue weighted by atomic mass is 10.2. The molecule has 0 atom stereocenters. The van der Waals surface area contributed by atoms with Crippen LogP contribution in [-0.2, 0) is 16.5 Å². The van der Waals surface area contributed by atoms with Crippen LogP contribution in [0.25, 0.3) is 0 Å². The fourth-order valence-corrected chi connectivity index (χ4v) is 28.4. The molecule has 39 heavy (non-hydrogen) atoms. The van der Waals surface area contributed by atoms with Crippen molar-refractivity contribution in [2.75, 3.05) is 0 Å². The van der Waals surface area contributed by atoms with Crippen molar-refractivity contribution in [2.45, 2.75) is 106 Å². The van der Waals surface area contributed by atoms with E-state index in [1.54, 1.807) is 0 Å². The minimum atomic E-state index is -2.42. The van der Waals surface area contributed by atoms with Crippen LogP contribution >= 0.6 is 11.6 Å². The maximum Gasteiger partial charge on any atom is 0.348 e. The Morgan fingerprint density at radius 2 is 0.821 bits per heavy atom. The zero-order chi connectivity index (χ0) is 30.7. The molecule has 0 N–H and O–H groups in total. The molecule has 0 spiro atoms. The molecule has 222 valence electrons. The van der Waals surface area contributed by atoms with E-state index in [0.29, 0.717) is 0 Å². The molecule has 2 aromatic carbocycles. The van der Waals surface area contributed by atoms with Gasteiger partial charge in [-0.2, -0.15) is 0 Å². The molecule has 0 bridgehead atoms. The highest BCUT2D eigenvalue weighted by molar-refractivity contribution is 6.95. The van der Waals surface area contributed by atoms with Gasteiger partial charge in [-0.25, -0.2) is 0 Å². The molecule has 11 heteroatoms. The van der Waals surface area contributed by atoms with Crippen molar-refractivity contribution in [2.24, 2.45) is 0 Å². The van der Waals surface area contributed by atoms with Crippen LogP contribution in [-0.4, -0.2) is 50.4 Å². The second-order valence-electron chi connectivity index (χ2n) is 14.6. The van der Waals surface area contributed by atoms with Gasteiger partial charge in [-0.1, -0.05) is 47.5 Å². The molecule has 0 aliphatic heterocycles. The highest BCUT2D eigenvalue weighted by atomic mass is 35.5. The Morgan fingerprint density at radius 1 is 0.462 bits per heavy atom. The van der Waals surface area contributed by atoms with E-state index in [1.165, 1.54) is 10.8 Å². The maximum absolute atomic E-state index is 6.53. The first-order valence-corrected chi connectivity index (χ1v) is 32.5. The van der Waals surface area contributed by atoms with E-state index in [2.05, 4.69) is 136 Å². The molecule has 0 aliphatic rings. The summed E-state index contributed by atoms with van der Waals surface area (Å²) in [6, 6.07) is 14.8. The van der Waals surface area contributed by atoms with Crippen molar-refractivity contribution in [1.29, 1.82) is 0 Å². The summed E-state index contributed by atoms with van der Waals surface area (Å²) < 4.78 is 26.1. The monoisotopic (exact) mass is 658 g/mol. The third-order valence-electron chi connectivity index (χ3n) is 5.11. The van der Waals surface area contributed by atoms with Gasteiger partial charge in [-0.05, 0) is 134 Å². The summed E-state index contributed by atoms with van der Waals surface area (Å²) in [5.41, 5.74) is 2.43. The van der Waals surface area contributed by atoms with Crippen LogP contribution < -0.4 is 10.4 Å². The quantitative estimate of drug-likeness (QED) is 0.240. The number of halogens is 1. The topological polar surface area (TPSA) is 36.9 Å². The smallest absolute Gasteiger partial charge is 0.348 e. The molecule has 2 aromatic rings. The lowest BCUT2D eigenvalue weighted by Crippen LogP contribution is -2.60. The predicted octanol–water partition coefficient (Wildman–Crippen LogP) is 8.61. The molecule has 0 fully saturated rings. The van der Waals surface area contributed by atoms with Crippen molar-refractivity contribution >= 4 is 72.4 Å². The number of aryl methyl sites for hydroxylation is 2. The van der Waals surface area contributed by atoms with E-state index < -0.39 is 50.4 Å². The molecule has 0 heterocycles. The van der Waals surface area contributed by atoms with Crippen LogP contribution in [0.4, 0.5) is 0 Å². The minimum Gasteiger partial charge on any atom is -0.433 e. The van der Waals surface area contributed by atoms with E-state index in [1.807, 2.05) is 12.1 Å². The lowest BCUT2D eigenvalue weighted by molar-refractivity contribution is 0.403. The number of hydrogen-bond acceptors (Lipinski definition) is 4. The van der Waals surface area contributed by atoms with Gasteiger partial charge < -0.3 is 16.5 Å². The van der Waals surface area contributed by atoms with Gasteiger partial charge in [-0.15, -0.1) is 0 Å². The Labute approximate surface area is 251 Å². The van der Waals surface area contributed by atoms with E-state index in [0.717, 1.165) is 15.8 Å². The Kier molecular flexibility index (Phi) is 12.7. The summed E-state index contributed by atoms with van der Waals surface area (Å²) in [6.45, 7) is 35.3. The van der Waals surface area contributed by atoms with Crippen LogP contribution in [0.15, 0.2) is 42.5 Å². The van der Waals surface area contributed by atoms with Crippen molar-refractivity contribution in [3.8, 4) is 0 Å². The first-order chi connectivity index (χ1) is 17.2. The molecule has 0 aromatic heterocycles. The summed E-state index contributed by atoms with van der Waals surface area (Å²) in [7, 11) is -11.4. The molecular weight excluding hydrogens is 604 g/mol. The summed E-state index contributed by atoms with van der Waals surface area (Å²) >= 11 is 6.23. The second-order valence-corrected chi connectivity index (χ2v) is 40.2. The number of hydrogen-bond donors (Lipinski definition) is 0.